The van der Waals surface area contributed by atoms with E-state index in [9.17, 15) is 13.6 Å². The van der Waals surface area contributed by atoms with E-state index in [1.165, 1.54) is 6.07 Å². The first-order chi connectivity index (χ1) is 9.95. The molecule has 2 aromatic rings. The van der Waals surface area contributed by atoms with Crippen molar-refractivity contribution in [2.24, 2.45) is 0 Å². The summed E-state index contributed by atoms with van der Waals surface area (Å²) < 4.78 is 27.9. The van der Waals surface area contributed by atoms with E-state index in [0.29, 0.717) is 0 Å². The van der Waals surface area contributed by atoms with E-state index >= 15 is 0 Å². The molecule has 0 spiro atoms. The van der Waals surface area contributed by atoms with E-state index in [1.807, 2.05) is 31.1 Å². The number of carbonyl (C=O) groups is 1. The van der Waals surface area contributed by atoms with Gasteiger partial charge in [0.1, 0.15) is 11.6 Å². The summed E-state index contributed by atoms with van der Waals surface area (Å²) in [6.07, 6.45) is 3.52. The molecular formula is C15H16F2N3O+. The molecule has 1 N–H and O–H groups in total. The second-order valence-electron chi connectivity index (χ2n) is 4.80. The number of benzene rings is 1. The van der Waals surface area contributed by atoms with Crippen LogP contribution in [0.1, 0.15) is 0 Å². The molecular weight excluding hydrogens is 276 g/mol. The Morgan fingerprint density at radius 2 is 1.86 bits per heavy atom. The minimum absolute atomic E-state index is 0.0353. The maximum atomic E-state index is 13.4. The maximum Gasteiger partial charge on any atom is 0.290 e. The van der Waals surface area contributed by atoms with E-state index in [2.05, 4.69) is 5.32 Å². The van der Waals surface area contributed by atoms with Crippen molar-refractivity contribution in [2.75, 3.05) is 24.3 Å². The van der Waals surface area contributed by atoms with E-state index < -0.39 is 11.6 Å². The molecule has 1 heterocycles. The standard InChI is InChI=1S/C15H15F2N3O/c1-19(2)12-5-7-20(8-6-12)10-15(21)18-14-4-3-11(16)9-13(14)17/h3-9H,10H2,1-2H3/p+1. The fourth-order valence-corrected chi connectivity index (χ4v) is 1.80. The quantitative estimate of drug-likeness (QED) is 0.875. The van der Waals surface area contributed by atoms with Crippen LogP contribution in [0.2, 0.25) is 0 Å². The van der Waals surface area contributed by atoms with Gasteiger partial charge in [-0.15, -0.1) is 0 Å². The summed E-state index contributed by atoms with van der Waals surface area (Å²) in [7, 11) is 3.84. The molecule has 0 atom stereocenters. The van der Waals surface area contributed by atoms with Crippen molar-refractivity contribution in [3.63, 3.8) is 0 Å². The van der Waals surface area contributed by atoms with Gasteiger partial charge in [-0.25, -0.2) is 8.78 Å². The highest BCUT2D eigenvalue weighted by atomic mass is 19.1. The van der Waals surface area contributed by atoms with E-state index in [-0.39, 0.29) is 18.1 Å². The minimum atomic E-state index is -0.795. The van der Waals surface area contributed by atoms with Gasteiger partial charge in [0.25, 0.3) is 5.91 Å². The molecule has 1 aromatic heterocycles. The van der Waals surface area contributed by atoms with Gasteiger partial charge in [-0.3, -0.25) is 4.79 Å². The predicted molar refractivity (Wildman–Crippen MR) is 76.0 cm³/mol. The molecule has 1 amide bonds. The molecule has 0 aliphatic carbocycles. The summed E-state index contributed by atoms with van der Waals surface area (Å²) in [5.74, 6) is -1.86. The van der Waals surface area contributed by atoms with Gasteiger partial charge in [-0.1, -0.05) is 0 Å². The van der Waals surface area contributed by atoms with Crippen LogP contribution in [0, 0.1) is 11.6 Å². The molecule has 110 valence electrons. The van der Waals surface area contributed by atoms with Crippen molar-refractivity contribution in [2.45, 2.75) is 6.54 Å². The molecule has 2 rings (SSSR count). The molecule has 21 heavy (non-hydrogen) atoms. The monoisotopic (exact) mass is 292 g/mol. The van der Waals surface area contributed by atoms with Crippen molar-refractivity contribution in [1.29, 1.82) is 0 Å². The molecule has 0 bridgehead atoms. The van der Waals surface area contributed by atoms with Crippen LogP contribution in [0.4, 0.5) is 20.2 Å². The molecule has 0 fully saturated rings. The van der Waals surface area contributed by atoms with Crippen molar-refractivity contribution >= 4 is 17.3 Å². The van der Waals surface area contributed by atoms with Gasteiger partial charge in [0.05, 0.1) is 5.69 Å². The summed E-state index contributed by atoms with van der Waals surface area (Å²) in [5.41, 5.74) is 0.975. The number of hydrogen-bond donors (Lipinski definition) is 1. The third-order valence-electron chi connectivity index (χ3n) is 2.92. The Bertz CT molecular complexity index is 642. The number of rotatable bonds is 4. The summed E-state index contributed by atoms with van der Waals surface area (Å²) in [6.45, 7) is 0.0462. The molecule has 1 aromatic carbocycles. The lowest BCUT2D eigenvalue weighted by molar-refractivity contribution is -0.684. The topological polar surface area (TPSA) is 36.2 Å². The first-order valence-corrected chi connectivity index (χ1v) is 6.37. The van der Waals surface area contributed by atoms with Crippen molar-refractivity contribution in [3.05, 3.63) is 54.4 Å². The summed E-state index contributed by atoms with van der Waals surface area (Å²) in [4.78, 5) is 13.8. The summed E-state index contributed by atoms with van der Waals surface area (Å²) in [5, 5.41) is 2.41. The van der Waals surface area contributed by atoms with Crippen LogP contribution in [-0.4, -0.2) is 20.0 Å². The highest BCUT2D eigenvalue weighted by molar-refractivity contribution is 5.89. The smallest absolute Gasteiger partial charge is 0.290 e. The lowest BCUT2D eigenvalue weighted by Crippen LogP contribution is -2.39. The largest absolute Gasteiger partial charge is 0.377 e. The lowest BCUT2D eigenvalue weighted by Gasteiger charge is -2.10. The third-order valence-corrected chi connectivity index (χ3v) is 2.92. The Balaban J connectivity index is 2.01. The van der Waals surface area contributed by atoms with E-state index in [0.717, 1.165) is 17.8 Å². The van der Waals surface area contributed by atoms with E-state index in [4.69, 9.17) is 0 Å². The van der Waals surface area contributed by atoms with Crippen LogP contribution < -0.4 is 14.8 Å². The molecule has 6 heteroatoms. The van der Waals surface area contributed by atoms with Gasteiger partial charge >= 0.3 is 0 Å². The first-order valence-electron chi connectivity index (χ1n) is 6.37. The number of carbonyl (C=O) groups excluding carboxylic acids is 1. The number of anilines is 2. The minimum Gasteiger partial charge on any atom is -0.377 e. The Kier molecular flexibility index (Phi) is 4.47. The Hall–Kier alpha value is -2.50. The fraction of sp³-hybridized carbons (Fsp3) is 0.200. The second-order valence-corrected chi connectivity index (χ2v) is 4.80. The SMILES string of the molecule is CN(C)c1cc[n+](CC(=O)Nc2ccc(F)cc2F)cc1. The molecule has 0 aliphatic rings. The van der Waals surface area contributed by atoms with E-state index in [1.54, 1.807) is 17.0 Å². The van der Waals surface area contributed by atoms with Crippen LogP contribution >= 0.6 is 0 Å². The number of nitrogens with zero attached hydrogens (tertiary/aromatic N) is 2. The van der Waals surface area contributed by atoms with Crippen molar-refractivity contribution in [3.8, 4) is 0 Å². The molecule has 0 radical (unpaired) electrons. The number of hydrogen-bond acceptors (Lipinski definition) is 2. The zero-order chi connectivity index (χ0) is 15.4. The molecule has 4 nitrogen and oxygen atoms in total. The van der Waals surface area contributed by atoms with Gasteiger partial charge in [0.2, 0.25) is 6.54 Å². The molecule has 0 aliphatic heterocycles. The maximum absolute atomic E-state index is 13.4. The summed E-state index contributed by atoms with van der Waals surface area (Å²) >= 11 is 0. The first kappa shape index (κ1) is 14.9. The normalized spacial score (nSPS) is 10.3. The van der Waals surface area contributed by atoms with Crippen LogP contribution in [0.15, 0.2) is 42.7 Å². The highest BCUT2D eigenvalue weighted by Crippen LogP contribution is 2.14. The zero-order valence-corrected chi connectivity index (χ0v) is 11.8. The van der Waals surface area contributed by atoms with Gasteiger partial charge < -0.3 is 10.2 Å². The average molecular weight is 292 g/mol. The third kappa shape index (κ3) is 3.98. The van der Waals surface area contributed by atoms with Crippen LogP contribution in [-0.2, 0) is 11.3 Å². The van der Waals surface area contributed by atoms with Crippen LogP contribution in [0.25, 0.3) is 0 Å². The van der Waals surface area contributed by atoms with Gasteiger partial charge in [0.15, 0.2) is 12.4 Å². The molecule has 0 unspecified atom stereocenters. The Morgan fingerprint density at radius 1 is 1.19 bits per heavy atom. The van der Waals surface area contributed by atoms with Crippen molar-refractivity contribution in [1.82, 2.24) is 0 Å². The summed E-state index contributed by atoms with van der Waals surface area (Å²) in [6, 6.07) is 6.76. The zero-order valence-electron chi connectivity index (χ0n) is 11.8. The van der Waals surface area contributed by atoms with Crippen LogP contribution in [0.5, 0.6) is 0 Å². The number of aromatic nitrogens is 1. The Morgan fingerprint density at radius 3 is 2.43 bits per heavy atom. The highest BCUT2D eigenvalue weighted by Gasteiger charge is 2.12. The number of pyridine rings is 1. The van der Waals surface area contributed by atoms with Gasteiger partial charge in [-0.05, 0) is 12.1 Å². The van der Waals surface area contributed by atoms with Gasteiger partial charge in [-0.2, -0.15) is 4.57 Å². The molecule has 0 saturated heterocycles. The lowest BCUT2D eigenvalue weighted by atomic mass is 10.3. The van der Waals surface area contributed by atoms with Crippen LogP contribution in [0.3, 0.4) is 0 Å². The fourth-order valence-electron chi connectivity index (χ4n) is 1.80. The van der Waals surface area contributed by atoms with Gasteiger partial charge in [0, 0.05) is 38.0 Å². The molecule has 0 saturated carbocycles. The number of amides is 1. The predicted octanol–water partition coefficient (Wildman–Crippen LogP) is 1.96. The number of nitrogens with one attached hydrogen (secondary N) is 1. The Labute approximate surface area is 121 Å². The van der Waals surface area contributed by atoms with Crippen molar-refractivity contribution < 1.29 is 18.1 Å². The second kappa shape index (κ2) is 6.30. The average Bonchev–Trinajstić information content (AvgIpc) is 2.42. The number of halogens is 2.